The molecule has 4 bridgehead atoms. The highest BCUT2D eigenvalue weighted by molar-refractivity contribution is 5.90. The molecule has 0 N–H and O–H groups in total. The van der Waals surface area contributed by atoms with Crippen LogP contribution in [-0.4, -0.2) is 75.2 Å². The van der Waals surface area contributed by atoms with E-state index < -0.39 is 0 Å². The van der Waals surface area contributed by atoms with Crippen LogP contribution in [0.2, 0.25) is 0 Å². The number of aliphatic imine (C=N–C) groups is 1. The van der Waals surface area contributed by atoms with Gasteiger partial charge < -0.3 is 28.4 Å². The predicted octanol–water partition coefficient (Wildman–Crippen LogP) is 3.04. The zero-order valence-electron chi connectivity index (χ0n) is 17.7. The fraction of sp³-hybridized carbons (Fsp3) is 0.773. The average Bonchev–Trinajstić information content (AvgIpc) is 2.70. The summed E-state index contributed by atoms with van der Waals surface area (Å²) >= 11 is 0. The molecule has 3 aliphatic rings. The molecular weight excluding hydrogens is 375 g/mol. The summed E-state index contributed by atoms with van der Waals surface area (Å²) in [6.07, 6.45) is 5.23. The Morgan fingerprint density at radius 1 is 0.966 bits per heavy atom. The topological polar surface area (TPSA) is 67.7 Å². The summed E-state index contributed by atoms with van der Waals surface area (Å²) < 4.78 is 36.1. The Morgan fingerprint density at radius 3 is 2.34 bits per heavy atom. The highest BCUT2D eigenvalue weighted by atomic mass is 16.7. The van der Waals surface area contributed by atoms with Crippen molar-refractivity contribution in [1.29, 1.82) is 0 Å². The van der Waals surface area contributed by atoms with Gasteiger partial charge in [0.05, 0.1) is 31.5 Å². The second kappa shape index (κ2) is 11.3. The van der Waals surface area contributed by atoms with Crippen molar-refractivity contribution >= 4 is 5.71 Å². The van der Waals surface area contributed by atoms with Gasteiger partial charge in [0, 0.05) is 31.8 Å². The largest absolute Gasteiger partial charge is 0.369 e. The van der Waals surface area contributed by atoms with Crippen molar-refractivity contribution in [2.24, 2.45) is 4.99 Å². The summed E-state index contributed by atoms with van der Waals surface area (Å²) in [5.74, 6) is 0. The standard InChI is InChI=1S/C22H35NO6/c1-5-9-26-21-15(3)28-19-13-17(21)23-18-14-20(25-12-8-7-11-24-19)29-16(4)22(18)27-10-6-2/h5-6,15-17,19-22H,1-2,7-14H2,3-4H3/t15-,16-,17-,19+,20+,21-,22-/m0/s1/i23+1. The van der Waals surface area contributed by atoms with Crippen molar-refractivity contribution in [1.82, 2.24) is 0 Å². The molecule has 0 aromatic rings. The molecule has 0 unspecified atom stereocenters. The maximum Gasteiger partial charge on any atom is 0.163 e. The number of hydrogen-bond acceptors (Lipinski definition) is 7. The maximum atomic E-state index is 6.07. The fourth-order valence-electron chi connectivity index (χ4n) is 4.07. The van der Waals surface area contributed by atoms with E-state index in [2.05, 4.69) is 13.2 Å². The smallest absolute Gasteiger partial charge is 0.163 e. The molecule has 3 aliphatic heterocycles. The molecule has 0 aliphatic carbocycles. The van der Waals surface area contributed by atoms with Gasteiger partial charge in [-0.05, 0) is 26.7 Å². The van der Waals surface area contributed by atoms with Crippen LogP contribution in [0.1, 0.15) is 39.5 Å². The molecule has 0 saturated carbocycles. The summed E-state index contributed by atoms with van der Waals surface area (Å²) in [6.45, 7) is 13.7. The second-order valence-electron chi connectivity index (χ2n) is 7.75. The molecule has 0 spiro atoms. The molecule has 0 amide bonds. The van der Waals surface area contributed by atoms with Gasteiger partial charge in [-0.1, -0.05) is 12.2 Å². The van der Waals surface area contributed by atoms with E-state index in [0.717, 1.165) is 18.6 Å². The van der Waals surface area contributed by atoms with Crippen LogP contribution in [0.5, 0.6) is 0 Å². The van der Waals surface area contributed by atoms with Crippen molar-refractivity contribution in [3.05, 3.63) is 25.3 Å². The van der Waals surface area contributed by atoms with Crippen molar-refractivity contribution in [3.8, 4) is 0 Å². The first-order valence-electron chi connectivity index (χ1n) is 10.7. The lowest BCUT2D eigenvalue weighted by Crippen LogP contribution is -2.51. The predicted molar refractivity (Wildman–Crippen MR) is 110 cm³/mol. The minimum atomic E-state index is -0.311. The van der Waals surface area contributed by atoms with E-state index in [-0.39, 0.29) is 43.0 Å². The molecule has 164 valence electrons. The number of ether oxygens (including phenoxy) is 6. The molecular formula is C22H35NO6. The van der Waals surface area contributed by atoms with Crippen LogP contribution in [0.4, 0.5) is 0 Å². The molecule has 2 fully saturated rings. The van der Waals surface area contributed by atoms with Gasteiger partial charge in [0.1, 0.15) is 12.2 Å². The highest BCUT2D eigenvalue weighted by Crippen LogP contribution is 2.29. The van der Waals surface area contributed by atoms with Gasteiger partial charge in [-0.15, -0.1) is 13.2 Å². The van der Waals surface area contributed by atoms with Gasteiger partial charge in [-0.3, -0.25) is 4.99 Å². The number of fused-ring (bicyclic) bond motifs is 4. The van der Waals surface area contributed by atoms with Crippen molar-refractivity contribution in [3.63, 3.8) is 0 Å². The van der Waals surface area contributed by atoms with Crippen LogP contribution in [0.3, 0.4) is 0 Å². The Hall–Kier alpha value is -1.09. The molecule has 7 heteroatoms. The van der Waals surface area contributed by atoms with E-state index in [1.807, 2.05) is 13.8 Å². The molecule has 0 aromatic heterocycles. The van der Waals surface area contributed by atoms with E-state index in [4.69, 9.17) is 33.4 Å². The highest BCUT2D eigenvalue weighted by Gasteiger charge is 2.40. The minimum absolute atomic E-state index is 0.0970. The zero-order chi connectivity index (χ0) is 20.6. The van der Waals surface area contributed by atoms with E-state index >= 15 is 0 Å². The van der Waals surface area contributed by atoms with Gasteiger partial charge in [-0.2, -0.15) is 0 Å². The number of hydrogen-bond donors (Lipinski definition) is 0. The Bertz CT molecular complexity index is 568. The Labute approximate surface area is 174 Å². The lowest BCUT2D eigenvalue weighted by molar-refractivity contribution is -0.229. The summed E-state index contributed by atoms with van der Waals surface area (Å²) in [5, 5.41) is 0. The normalized spacial score (nSPS) is 38.7. The van der Waals surface area contributed by atoms with Gasteiger partial charge in [0.2, 0.25) is 0 Å². The average molecular weight is 411 g/mol. The van der Waals surface area contributed by atoms with Crippen LogP contribution >= 0.6 is 0 Å². The van der Waals surface area contributed by atoms with Crippen LogP contribution in [0.15, 0.2) is 30.3 Å². The van der Waals surface area contributed by atoms with Crippen molar-refractivity contribution in [2.45, 2.75) is 82.6 Å². The van der Waals surface area contributed by atoms with Gasteiger partial charge >= 0.3 is 0 Å². The van der Waals surface area contributed by atoms with E-state index in [0.29, 0.717) is 39.3 Å². The molecule has 29 heavy (non-hydrogen) atoms. The first-order chi connectivity index (χ1) is 14.1. The number of rotatable bonds is 6. The Kier molecular flexibility index (Phi) is 8.84. The summed E-state index contributed by atoms with van der Waals surface area (Å²) in [4.78, 5) is 5.13. The molecule has 3 rings (SSSR count). The lowest BCUT2D eigenvalue weighted by Gasteiger charge is -2.40. The molecule has 0 aromatic carbocycles. The first-order valence-corrected chi connectivity index (χ1v) is 10.7. The maximum absolute atomic E-state index is 6.07. The Morgan fingerprint density at radius 2 is 1.62 bits per heavy atom. The summed E-state index contributed by atoms with van der Waals surface area (Å²) in [6, 6.07) is -0.0970. The minimum Gasteiger partial charge on any atom is -0.369 e. The third-order valence-electron chi connectivity index (χ3n) is 5.42. The summed E-state index contributed by atoms with van der Waals surface area (Å²) in [5.41, 5.74) is 0.944. The lowest BCUT2D eigenvalue weighted by atomic mass is 9.99. The van der Waals surface area contributed by atoms with Crippen LogP contribution < -0.4 is 0 Å². The third-order valence-corrected chi connectivity index (χ3v) is 5.42. The third kappa shape index (κ3) is 6.20. The molecule has 3 heterocycles. The molecule has 2 saturated heterocycles. The number of nitrogens with zero attached hydrogens (tertiary/aromatic N) is 1. The Balaban J connectivity index is 1.88. The quantitative estimate of drug-likeness (QED) is 0.495. The monoisotopic (exact) mass is 410 g/mol. The van der Waals surface area contributed by atoms with Crippen LogP contribution in [0, 0.1) is 0 Å². The van der Waals surface area contributed by atoms with Gasteiger partial charge in [0.15, 0.2) is 12.6 Å². The SMILES string of the molecule is C=CCO[C@@H]1[C@@H]2C[C@H](OCCCCO[C@H]3CC(=[15N]2)[C@@H](OCC=C)[C@H](C)O3)O[C@H]1C. The fourth-order valence-corrected chi connectivity index (χ4v) is 4.07. The summed E-state index contributed by atoms with van der Waals surface area (Å²) in [7, 11) is 0. The van der Waals surface area contributed by atoms with Crippen LogP contribution in [0.25, 0.3) is 0 Å². The molecule has 0 radical (unpaired) electrons. The van der Waals surface area contributed by atoms with Crippen molar-refractivity contribution in [2.75, 3.05) is 26.4 Å². The van der Waals surface area contributed by atoms with E-state index in [1.54, 1.807) is 12.2 Å². The molecule has 7 atom stereocenters. The van der Waals surface area contributed by atoms with E-state index in [9.17, 15) is 0 Å². The second-order valence-corrected chi connectivity index (χ2v) is 7.75. The van der Waals surface area contributed by atoms with Crippen molar-refractivity contribution < 1.29 is 28.4 Å². The first kappa shape index (κ1) is 22.6. The van der Waals surface area contributed by atoms with Crippen LogP contribution in [-0.2, 0) is 28.4 Å². The van der Waals surface area contributed by atoms with E-state index in [1.165, 1.54) is 0 Å². The van der Waals surface area contributed by atoms with Gasteiger partial charge in [-0.25, -0.2) is 0 Å². The van der Waals surface area contributed by atoms with Gasteiger partial charge in [0.25, 0.3) is 0 Å². The molecule has 7 nitrogen and oxygen atoms in total. The zero-order valence-corrected chi connectivity index (χ0v) is 17.7.